The quantitative estimate of drug-likeness (QED) is 0.578. The number of hydrogen-bond donors (Lipinski definition) is 0. The van der Waals surface area contributed by atoms with Crippen LogP contribution in [0.15, 0.2) is 59.2 Å². The summed E-state index contributed by atoms with van der Waals surface area (Å²) in [5, 5.41) is 1.11. The zero-order valence-electron chi connectivity index (χ0n) is 13.2. The highest BCUT2D eigenvalue weighted by Gasteiger charge is 2.16. The van der Waals surface area contributed by atoms with Crippen LogP contribution in [0.25, 0.3) is 28.3 Å². The molecule has 0 saturated carbocycles. The van der Waals surface area contributed by atoms with Gasteiger partial charge >= 0.3 is 0 Å². The Morgan fingerprint density at radius 1 is 1.18 bits per heavy atom. The second kappa shape index (κ2) is 5.64. The topological polar surface area (TPSA) is 26.0 Å². The number of allylic oxidation sites excluding steroid dienone is 2. The van der Waals surface area contributed by atoms with E-state index < -0.39 is 0 Å². The van der Waals surface area contributed by atoms with Crippen LogP contribution in [-0.2, 0) is 0 Å². The minimum atomic E-state index is 0.901. The molecule has 3 rings (SSSR count). The monoisotopic (exact) mass is 289 g/mol. The molecule has 0 atom stereocenters. The van der Waals surface area contributed by atoms with Gasteiger partial charge in [0.05, 0.1) is 5.69 Å². The van der Waals surface area contributed by atoms with E-state index in [0.717, 1.165) is 44.7 Å². The minimum Gasteiger partial charge on any atom is -0.460 e. The van der Waals surface area contributed by atoms with Gasteiger partial charge in [0.15, 0.2) is 0 Å². The Balaban J connectivity index is 2.29. The Morgan fingerprint density at radius 2 is 2.00 bits per heavy atom. The van der Waals surface area contributed by atoms with Crippen molar-refractivity contribution in [1.29, 1.82) is 0 Å². The van der Waals surface area contributed by atoms with Gasteiger partial charge in [-0.15, -0.1) is 0 Å². The summed E-state index contributed by atoms with van der Waals surface area (Å²) in [6.07, 6.45) is 5.89. The SMILES string of the molecule is C=C(C)/C=C\c1c(C)oc2c(-c3ccccn3)c(C)ccc12. The molecule has 0 N–H and O–H groups in total. The molecule has 0 aliphatic carbocycles. The average molecular weight is 289 g/mol. The van der Waals surface area contributed by atoms with Crippen molar-refractivity contribution in [2.75, 3.05) is 0 Å². The Kier molecular flexibility index (Phi) is 3.68. The van der Waals surface area contributed by atoms with Crippen molar-refractivity contribution in [2.24, 2.45) is 0 Å². The molecule has 0 spiro atoms. The fourth-order valence-electron chi connectivity index (χ4n) is 2.66. The van der Waals surface area contributed by atoms with Crippen LogP contribution in [0, 0.1) is 13.8 Å². The summed E-state index contributed by atoms with van der Waals surface area (Å²) in [6, 6.07) is 10.2. The van der Waals surface area contributed by atoms with Crippen LogP contribution in [0.2, 0.25) is 0 Å². The first-order chi connectivity index (χ1) is 10.6. The van der Waals surface area contributed by atoms with Crippen molar-refractivity contribution in [1.82, 2.24) is 4.98 Å². The summed E-state index contributed by atoms with van der Waals surface area (Å²) in [5.74, 6) is 0.912. The van der Waals surface area contributed by atoms with Crippen LogP contribution in [0.3, 0.4) is 0 Å². The maximum atomic E-state index is 6.08. The molecular weight excluding hydrogens is 270 g/mol. The third kappa shape index (κ3) is 2.48. The number of pyridine rings is 1. The van der Waals surface area contributed by atoms with Gasteiger partial charge in [0.1, 0.15) is 11.3 Å². The molecule has 2 heteroatoms. The number of aryl methyl sites for hydroxylation is 2. The van der Waals surface area contributed by atoms with Gasteiger partial charge in [0, 0.05) is 22.7 Å². The maximum Gasteiger partial charge on any atom is 0.144 e. The van der Waals surface area contributed by atoms with Crippen molar-refractivity contribution in [2.45, 2.75) is 20.8 Å². The van der Waals surface area contributed by atoms with Crippen LogP contribution in [0.5, 0.6) is 0 Å². The van der Waals surface area contributed by atoms with Gasteiger partial charge in [-0.2, -0.15) is 0 Å². The highest BCUT2D eigenvalue weighted by Crippen LogP contribution is 2.36. The molecule has 0 aliphatic heterocycles. The summed E-state index contributed by atoms with van der Waals surface area (Å²) >= 11 is 0. The molecule has 0 radical (unpaired) electrons. The number of rotatable bonds is 3. The normalized spacial score (nSPS) is 11.4. The van der Waals surface area contributed by atoms with E-state index in [9.17, 15) is 0 Å². The van der Waals surface area contributed by atoms with E-state index in [1.807, 2.05) is 44.3 Å². The Morgan fingerprint density at radius 3 is 2.68 bits per heavy atom. The molecule has 0 aliphatic rings. The number of furan rings is 1. The number of nitrogens with zero attached hydrogens (tertiary/aromatic N) is 1. The lowest BCUT2D eigenvalue weighted by atomic mass is 10.00. The zero-order chi connectivity index (χ0) is 15.7. The van der Waals surface area contributed by atoms with Crippen LogP contribution in [0.4, 0.5) is 0 Å². The fraction of sp³-hybridized carbons (Fsp3) is 0.150. The van der Waals surface area contributed by atoms with Gasteiger partial charge in [-0.05, 0) is 38.5 Å². The molecule has 1 aromatic carbocycles. The van der Waals surface area contributed by atoms with E-state index >= 15 is 0 Å². The molecular formula is C20H19NO. The maximum absolute atomic E-state index is 6.08. The summed E-state index contributed by atoms with van der Waals surface area (Å²) < 4.78 is 6.08. The summed E-state index contributed by atoms with van der Waals surface area (Å²) in [6.45, 7) is 9.98. The molecule has 2 nitrogen and oxygen atoms in total. The first-order valence-electron chi connectivity index (χ1n) is 7.35. The fourth-order valence-corrected chi connectivity index (χ4v) is 2.66. The molecule has 0 saturated heterocycles. The van der Waals surface area contributed by atoms with Gasteiger partial charge in [-0.1, -0.05) is 42.5 Å². The molecule has 2 aromatic heterocycles. The van der Waals surface area contributed by atoms with Crippen LogP contribution in [0.1, 0.15) is 23.8 Å². The van der Waals surface area contributed by atoms with Crippen molar-refractivity contribution < 1.29 is 4.42 Å². The van der Waals surface area contributed by atoms with E-state index in [1.165, 1.54) is 0 Å². The molecule has 3 aromatic rings. The Labute approximate surface area is 130 Å². The summed E-state index contributed by atoms with van der Waals surface area (Å²) in [4.78, 5) is 4.48. The van der Waals surface area contributed by atoms with E-state index in [4.69, 9.17) is 4.42 Å². The van der Waals surface area contributed by atoms with Crippen molar-refractivity contribution in [3.63, 3.8) is 0 Å². The lowest BCUT2D eigenvalue weighted by molar-refractivity contribution is 0.578. The highest BCUT2D eigenvalue weighted by atomic mass is 16.3. The van der Waals surface area contributed by atoms with Gasteiger partial charge in [-0.25, -0.2) is 0 Å². The molecule has 0 bridgehead atoms. The molecule has 2 heterocycles. The van der Waals surface area contributed by atoms with Gasteiger partial charge in [0.25, 0.3) is 0 Å². The molecule has 0 fully saturated rings. The van der Waals surface area contributed by atoms with Crippen LogP contribution in [-0.4, -0.2) is 4.98 Å². The van der Waals surface area contributed by atoms with Gasteiger partial charge in [-0.3, -0.25) is 4.98 Å². The minimum absolute atomic E-state index is 0.901. The molecule has 110 valence electrons. The van der Waals surface area contributed by atoms with E-state index in [0.29, 0.717) is 0 Å². The van der Waals surface area contributed by atoms with Gasteiger partial charge in [0.2, 0.25) is 0 Å². The number of fused-ring (bicyclic) bond motifs is 1. The summed E-state index contributed by atoms with van der Waals surface area (Å²) in [7, 11) is 0. The molecule has 0 unspecified atom stereocenters. The molecule has 22 heavy (non-hydrogen) atoms. The first kappa shape index (κ1) is 14.3. The lowest BCUT2D eigenvalue weighted by Gasteiger charge is -2.05. The Hall–Kier alpha value is -2.61. The van der Waals surface area contributed by atoms with E-state index in [-0.39, 0.29) is 0 Å². The predicted molar refractivity (Wildman–Crippen MR) is 92.8 cm³/mol. The molecule has 0 amide bonds. The van der Waals surface area contributed by atoms with Crippen molar-refractivity contribution in [3.8, 4) is 11.3 Å². The third-order valence-electron chi connectivity index (χ3n) is 3.75. The van der Waals surface area contributed by atoms with E-state index in [2.05, 4.69) is 36.7 Å². The van der Waals surface area contributed by atoms with E-state index in [1.54, 1.807) is 0 Å². The lowest BCUT2D eigenvalue weighted by Crippen LogP contribution is -1.87. The number of aromatic nitrogens is 1. The second-order valence-corrected chi connectivity index (χ2v) is 5.60. The van der Waals surface area contributed by atoms with Crippen LogP contribution >= 0.6 is 0 Å². The van der Waals surface area contributed by atoms with Crippen molar-refractivity contribution in [3.05, 3.63) is 71.6 Å². The predicted octanol–water partition coefficient (Wildman–Crippen LogP) is 5.70. The number of hydrogen-bond acceptors (Lipinski definition) is 2. The average Bonchev–Trinajstić information content (AvgIpc) is 2.81. The second-order valence-electron chi connectivity index (χ2n) is 5.60. The van der Waals surface area contributed by atoms with Gasteiger partial charge < -0.3 is 4.42 Å². The number of benzene rings is 1. The summed E-state index contributed by atoms with van der Waals surface area (Å²) in [5.41, 5.74) is 6.19. The smallest absolute Gasteiger partial charge is 0.144 e. The largest absolute Gasteiger partial charge is 0.460 e. The highest BCUT2D eigenvalue weighted by molar-refractivity contribution is 5.98. The first-order valence-corrected chi connectivity index (χ1v) is 7.35. The van der Waals surface area contributed by atoms with Crippen LogP contribution < -0.4 is 0 Å². The van der Waals surface area contributed by atoms with Crippen molar-refractivity contribution >= 4 is 17.0 Å². The zero-order valence-corrected chi connectivity index (χ0v) is 13.2. The third-order valence-corrected chi connectivity index (χ3v) is 3.75. The standard InChI is InChI=1S/C20H19NO/c1-13(2)8-10-16-15(4)22-20-17(16)11-9-14(3)19(20)18-7-5-6-12-21-18/h5-12H,1H2,2-4H3/b10-8-. The Bertz CT molecular complexity index is 870.